The second kappa shape index (κ2) is 8.54. The van der Waals surface area contributed by atoms with Crippen LogP contribution >= 0.6 is 11.8 Å². The van der Waals surface area contributed by atoms with Crippen LogP contribution in [0.5, 0.6) is 0 Å². The van der Waals surface area contributed by atoms with E-state index >= 15 is 0 Å². The summed E-state index contributed by atoms with van der Waals surface area (Å²) in [6.07, 6.45) is 2.15. The summed E-state index contributed by atoms with van der Waals surface area (Å²) in [5.74, 6) is 0.906. The number of hydrogen-bond donors (Lipinski definition) is 0. The number of nitrogens with zero attached hydrogens (tertiary/aromatic N) is 3. The van der Waals surface area contributed by atoms with Crippen molar-refractivity contribution in [3.63, 3.8) is 0 Å². The van der Waals surface area contributed by atoms with Crippen LogP contribution in [0.4, 0.5) is 0 Å². The van der Waals surface area contributed by atoms with Gasteiger partial charge in [-0.3, -0.25) is 14.5 Å². The van der Waals surface area contributed by atoms with Crippen LogP contribution in [0.2, 0.25) is 0 Å². The molecule has 4 rings (SSSR count). The summed E-state index contributed by atoms with van der Waals surface area (Å²) in [6.45, 7) is 13.8. The molecule has 1 aromatic carbocycles. The minimum absolute atomic E-state index is 0.00491. The molecule has 1 saturated carbocycles. The average molecular weight is 430 g/mol. The van der Waals surface area contributed by atoms with E-state index in [1.54, 1.807) is 11.8 Å². The van der Waals surface area contributed by atoms with E-state index in [9.17, 15) is 9.59 Å². The molecular weight excluding hydrogens is 394 g/mol. The molecule has 0 N–H and O–H groups in total. The molecule has 1 aromatic rings. The number of benzene rings is 1. The maximum atomic E-state index is 12.8. The third-order valence-corrected chi connectivity index (χ3v) is 7.97. The van der Waals surface area contributed by atoms with E-state index < -0.39 is 0 Å². The fourth-order valence-electron chi connectivity index (χ4n) is 4.34. The molecule has 0 unspecified atom stereocenters. The lowest BCUT2D eigenvalue weighted by Crippen LogP contribution is -2.51. The third-order valence-electron chi connectivity index (χ3n) is 6.58. The molecule has 2 atom stereocenters. The Kier molecular flexibility index (Phi) is 6.18. The topological polar surface area (TPSA) is 43.9 Å². The van der Waals surface area contributed by atoms with Crippen LogP contribution in [-0.2, 0) is 15.0 Å². The molecule has 2 amide bonds. The smallest absolute Gasteiger partial charge is 0.236 e. The van der Waals surface area contributed by atoms with Crippen LogP contribution < -0.4 is 0 Å². The molecule has 30 heavy (non-hydrogen) atoms. The zero-order valence-electron chi connectivity index (χ0n) is 18.8. The fraction of sp³-hybridized carbons (Fsp3) is 0.667. The highest BCUT2D eigenvalue weighted by atomic mass is 32.2. The van der Waals surface area contributed by atoms with Crippen molar-refractivity contribution in [3.05, 3.63) is 35.4 Å². The molecule has 164 valence electrons. The molecule has 0 bridgehead atoms. The maximum absolute atomic E-state index is 12.8. The van der Waals surface area contributed by atoms with Gasteiger partial charge in [-0.15, -0.1) is 11.8 Å². The first-order chi connectivity index (χ1) is 14.2. The summed E-state index contributed by atoms with van der Waals surface area (Å²) in [6, 6.07) is 8.80. The van der Waals surface area contributed by atoms with Crippen molar-refractivity contribution in [2.75, 3.05) is 39.3 Å². The van der Waals surface area contributed by atoms with Crippen molar-refractivity contribution in [2.24, 2.45) is 5.92 Å². The van der Waals surface area contributed by atoms with Gasteiger partial charge in [-0.05, 0) is 36.3 Å². The Labute approximate surface area is 185 Å². The van der Waals surface area contributed by atoms with Gasteiger partial charge < -0.3 is 9.80 Å². The number of carbonyl (C=O) groups is 2. The van der Waals surface area contributed by atoms with Gasteiger partial charge in [0.1, 0.15) is 5.37 Å². The molecule has 2 saturated heterocycles. The highest BCUT2D eigenvalue weighted by Crippen LogP contribution is 2.43. The van der Waals surface area contributed by atoms with Crippen molar-refractivity contribution in [2.45, 2.75) is 56.6 Å². The van der Waals surface area contributed by atoms with Crippen LogP contribution in [0.25, 0.3) is 0 Å². The minimum atomic E-state index is 0.00491. The minimum Gasteiger partial charge on any atom is -0.340 e. The summed E-state index contributed by atoms with van der Waals surface area (Å²) in [5, 5.41) is 0.101. The molecule has 2 heterocycles. The molecular formula is C24H35N3O2S. The lowest BCUT2D eigenvalue weighted by Gasteiger charge is -2.36. The van der Waals surface area contributed by atoms with Gasteiger partial charge in [-0.25, -0.2) is 0 Å². The number of piperazine rings is 1. The van der Waals surface area contributed by atoms with Gasteiger partial charge in [0.05, 0.1) is 5.25 Å². The Bertz CT molecular complexity index is 777. The van der Waals surface area contributed by atoms with Crippen molar-refractivity contribution >= 4 is 23.6 Å². The van der Waals surface area contributed by atoms with Gasteiger partial charge in [0.2, 0.25) is 11.8 Å². The molecule has 0 radical (unpaired) electrons. The second-order valence-corrected chi connectivity index (χ2v) is 11.4. The van der Waals surface area contributed by atoms with Crippen molar-refractivity contribution in [1.82, 2.24) is 14.7 Å². The SMILES string of the molecule is C[C@H]1S[C@@H](c2ccc(C(C)(C)C)cc2)N(CCN2CCN(C(=O)C3CC3)CC2)C1=O. The first-order valence-corrected chi connectivity index (χ1v) is 12.3. The van der Waals surface area contributed by atoms with E-state index in [1.807, 2.05) is 11.8 Å². The largest absolute Gasteiger partial charge is 0.340 e. The molecule has 5 nitrogen and oxygen atoms in total. The lowest BCUT2D eigenvalue weighted by molar-refractivity contribution is -0.134. The van der Waals surface area contributed by atoms with E-state index in [-0.39, 0.29) is 21.9 Å². The van der Waals surface area contributed by atoms with Gasteiger partial charge in [0.15, 0.2) is 0 Å². The summed E-state index contributed by atoms with van der Waals surface area (Å²) >= 11 is 1.75. The summed E-state index contributed by atoms with van der Waals surface area (Å²) < 4.78 is 0. The van der Waals surface area contributed by atoms with Gasteiger partial charge in [-0.2, -0.15) is 0 Å². The number of thioether (sulfide) groups is 1. The van der Waals surface area contributed by atoms with E-state index in [0.29, 0.717) is 11.8 Å². The molecule has 3 aliphatic rings. The molecule has 6 heteroatoms. The van der Waals surface area contributed by atoms with E-state index in [4.69, 9.17) is 0 Å². The summed E-state index contributed by atoms with van der Waals surface area (Å²) in [5.41, 5.74) is 2.66. The monoisotopic (exact) mass is 429 g/mol. The van der Waals surface area contributed by atoms with Crippen molar-refractivity contribution < 1.29 is 9.59 Å². The fourth-order valence-corrected chi connectivity index (χ4v) is 5.65. The van der Waals surface area contributed by atoms with Crippen LogP contribution in [0, 0.1) is 5.92 Å². The number of carbonyl (C=O) groups excluding carboxylic acids is 2. The van der Waals surface area contributed by atoms with Gasteiger partial charge >= 0.3 is 0 Å². The van der Waals surface area contributed by atoms with Gasteiger partial charge in [-0.1, -0.05) is 45.0 Å². The standard InChI is InChI=1S/C24H35N3O2S/c1-17-21(28)27(23(30-17)19-7-9-20(10-8-19)24(2,3)4)16-13-25-11-14-26(15-12-25)22(29)18-5-6-18/h7-10,17-18,23H,5-6,11-16H2,1-4H3/t17-,23+/m1/s1. The third kappa shape index (κ3) is 4.70. The van der Waals surface area contributed by atoms with E-state index in [1.165, 1.54) is 11.1 Å². The highest BCUT2D eigenvalue weighted by molar-refractivity contribution is 8.01. The Morgan fingerprint density at radius 2 is 1.67 bits per heavy atom. The Morgan fingerprint density at radius 3 is 2.23 bits per heavy atom. The lowest BCUT2D eigenvalue weighted by atomic mass is 9.86. The van der Waals surface area contributed by atoms with Crippen molar-refractivity contribution in [1.29, 1.82) is 0 Å². The van der Waals surface area contributed by atoms with E-state index in [2.05, 4.69) is 54.8 Å². The van der Waals surface area contributed by atoms with Crippen LogP contribution in [0.3, 0.4) is 0 Å². The molecule has 3 fully saturated rings. The highest BCUT2D eigenvalue weighted by Gasteiger charge is 2.39. The zero-order chi connectivity index (χ0) is 21.5. The molecule has 0 spiro atoms. The van der Waals surface area contributed by atoms with Gasteiger partial charge in [0.25, 0.3) is 0 Å². The maximum Gasteiger partial charge on any atom is 0.236 e. The molecule has 0 aromatic heterocycles. The number of rotatable bonds is 5. The van der Waals surface area contributed by atoms with Crippen molar-refractivity contribution in [3.8, 4) is 0 Å². The average Bonchev–Trinajstić information content (AvgIpc) is 3.53. The second-order valence-electron chi connectivity index (χ2n) is 9.98. The van der Waals surface area contributed by atoms with Crippen LogP contribution in [0.15, 0.2) is 24.3 Å². The van der Waals surface area contributed by atoms with Gasteiger partial charge in [0, 0.05) is 45.2 Å². The summed E-state index contributed by atoms with van der Waals surface area (Å²) in [7, 11) is 0. The predicted octanol–water partition coefficient (Wildman–Crippen LogP) is 3.50. The summed E-state index contributed by atoms with van der Waals surface area (Å²) in [4.78, 5) is 31.6. The Hall–Kier alpha value is -1.53. The normalized spacial score (nSPS) is 25.8. The first kappa shape index (κ1) is 21.7. The van der Waals surface area contributed by atoms with Crippen LogP contribution in [0.1, 0.15) is 57.0 Å². The Morgan fingerprint density at radius 1 is 1.03 bits per heavy atom. The van der Waals surface area contributed by atoms with E-state index in [0.717, 1.165) is 52.1 Å². The number of hydrogen-bond acceptors (Lipinski definition) is 4. The zero-order valence-corrected chi connectivity index (χ0v) is 19.6. The molecule has 1 aliphatic carbocycles. The quantitative estimate of drug-likeness (QED) is 0.719. The Balaban J connectivity index is 1.35. The number of amides is 2. The first-order valence-electron chi connectivity index (χ1n) is 11.3. The molecule has 2 aliphatic heterocycles. The predicted molar refractivity (Wildman–Crippen MR) is 122 cm³/mol. The van der Waals surface area contributed by atoms with Crippen LogP contribution in [-0.4, -0.2) is 71.0 Å².